The first-order valence-corrected chi connectivity index (χ1v) is 9.01. The first-order valence-electron chi connectivity index (χ1n) is 8.13. The van der Waals surface area contributed by atoms with Crippen LogP contribution in [0.4, 0.5) is 0 Å². The van der Waals surface area contributed by atoms with E-state index in [-0.39, 0.29) is 11.9 Å². The number of thiophene rings is 1. The van der Waals surface area contributed by atoms with E-state index in [1.807, 2.05) is 29.6 Å². The molecule has 128 valence electrons. The standard InChI is InChI=1S/C18H18N4O2S/c1-19-18(23)14-9-12-5-2-3-6-13(12)10-22(14)11-16-20-17(21-24-16)15-7-4-8-25-15/h2-8,14H,9-11H2,1H3,(H,19,23)/t14-/m0/s1. The average molecular weight is 354 g/mol. The molecule has 0 aliphatic carbocycles. The number of carbonyl (C=O) groups is 1. The summed E-state index contributed by atoms with van der Waals surface area (Å²) in [5.74, 6) is 1.13. The summed E-state index contributed by atoms with van der Waals surface area (Å²) in [5, 5.41) is 8.80. The van der Waals surface area contributed by atoms with E-state index in [0.717, 1.165) is 4.88 Å². The highest BCUT2D eigenvalue weighted by molar-refractivity contribution is 7.13. The summed E-state index contributed by atoms with van der Waals surface area (Å²) in [6.45, 7) is 1.13. The van der Waals surface area contributed by atoms with E-state index < -0.39 is 0 Å². The minimum atomic E-state index is -0.239. The largest absolute Gasteiger partial charge is 0.358 e. The zero-order chi connectivity index (χ0) is 17.2. The third-order valence-corrected chi connectivity index (χ3v) is 5.31. The predicted molar refractivity (Wildman–Crippen MR) is 94.9 cm³/mol. The number of hydrogen-bond acceptors (Lipinski definition) is 6. The molecule has 0 unspecified atom stereocenters. The molecule has 4 rings (SSSR count). The SMILES string of the molecule is CNC(=O)[C@@H]1Cc2ccccc2CN1Cc1nc(-c2cccs2)no1. The van der Waals surface area contributed by atoms with Crippen LogP contribution in [0.1, 0.15) is 17.0 Å². The fourth-order valence-electron chi connectivity index (χ4n) is 3.17. The third kappa shape index (κ3) is 3.20. The molecular formula is C18H18N4O2S. The molecule has 0 radical (unpaired) electrons. The van der Waals surface area contributed by atoms with E-state index in [9.17, 15) is 4.79 Å². The monoisotopic (exact) mass is 354 g/mol. The maximum absolute atomic E-state index is 12.4. The van der Waals surface area contributed by atoms with Gasteiger partial charge in [-0.3, -0.25) is 9.69 Å². The number of rotatable bonds is 4. The van der Waals surface area contributed by atoms with E-state index in [0.29, 0.717) is 31.2 Å². The number of nitrogens with zero attached hydrogens (tertiary/aromatic N) is 3. The number of amides is 1. The minimum absolute atomic E-state index is 0.00694. The topological polar surface area (TPSA) is 71.3 Å². The minimum Gasteiger partial charge on any atom is -0.358 e. The number of fused-ring (bicyclic) bond motifs is 1. The predicted octanol–water partition coefficient (Wildman–Crippen LogP) is 2.47. The van der Waals surface area contributed by atoms with Crippen molar-refractivity contribution in [2.75, 3.05) is 7.05 Å². The van der Waals surface area contributed by atoms with Gasteiger partial charge in [0.05, 0.1) is 17.5 Å². The molecule has 3 aromatic rings. The average Bonchev–Trinajstić information content (AvgIpc) is 3.32. The highest BCUT2D eigenvalue weighted by Crippen LogP contribution is 2.26. The van der Waals surface area contributed by atoms with E-state index in [4.69, 9.17) is 4.52 Å². The Kier molecular flexibility index (Phi) is 4.33. The molecular weight excluding hydrogens is 336 g/mol. The highest BCUT2D eigenvalue weighted by Gasteiger charge is 2.32. The van der Waals surface area contributed by atoms with E-state index in [1.165, 1.54) is 11.1 Å². The molecule has 1 atom stereocenters. The fourth-order valence-corrected chi connectivity index (χ4v) is 3.82. The molecule has 1 aliphatic heterocycles. The molecule has 2 aromatic heterocycles. The van der Waals surface area contributed by atoms with E-state index >= 15 is 0 Å². The van der Waals surface area contributed by atoms with Crippen LogP contribution in [0.5, 0.6) is 0 Å². The van der Waals surface area contributed by atoms with Crippen molar-refractivity contribution in [2.45, 2.75) is 25.6 Å². The van der Waals surface area contributed by atoms with Crippen LogP contribution in [0.3, 0.4) is 0 Å². The fraction of sp³-hybridized carbons (Fsp3) is 0.278. The van der Waals surface area contributed by atoms with Gasteiger partial charge in [0.15, 0.2) is 0 Å². The quantitative estimate of drug-likeness (QED) is 0.779. The highest BCUT2D eigenvalue weighted by atomic mass is 32.1. The van der Waals surface area contributed by atoms with Crippen molar-refractivity contribution < 1.29 is 9.32 Å². The molecule has 0 saturated carbocycles. The molecule has 1 amide bonds. The Morgan fingerprint density at radius 2 is 2.16 bits per heavy atom. The Morgan fingerprint density at radius 1 is 1.32 bits per heavy atom. The van der Waals surface area contributed by atoms with Gasteiger partial charge in [-0.05, 0) is 29.0 Å². The van der Waals surface area contributed by atoms with Crippen LogP contribution in [0.2, 0.25) is 0 Å². The lowest BCUT2D eigenvalue weighted by atomic mass is 9.93. The molecule has 0 spiro atoms. The molecule has 6 nitrogen and oxygen atoms in total. The van der Waals surface area contributed by atoms with E-state index in [1.54, 1.807) is 18.4 Å². The number of hydrogen-bond donors (Lipinski definition) is 1. The van der Waals surface area contributed by atoms with Crippen LogP contribution in [0, 0.1) is 0 Å². The van der Waals surface area contributed by atoms with Gasteiger partial charge in [-0.1, -0.05) is 35.5 Å². The van der Waals surface area contributed by atoms with Gasteiger partial charge in [0, 0.05) is 13.6 Å². The van der Waals surface area contributed by atoms with Gasteiger partial charge in [-0.2, -0.15) is 4.98 Å². The van der Waals surface area contributed by atoms with Gasteiger partial charge < -0.3 is 9.84 Å². The molecule has 25 heavy (non-hydrogen) atoms. The Hall–Kier alpha value is -2.51. The normalized spacial score (nSPS) is 17.2. The lowest BCUT2D eigenvalue weighted by Gasteiger charge is -2.34. The smallest absolute Gasteiger partial charge is 0.241 e. The van der Waals surface area contributed by atoms with Crippen molar-refractivity contribution in [3.05, 3.63) is 58.8 Å². The summed E-state index contributed by atoms with van der Waals surface area (Å²) >= 11 is 1.57. The van der Waals surface area contributed by atoms with Gasteiger partial charge in [0.25, 0.3) is 0 Å². The molecule has 1 aromatic carbocycles. The molecule has 1 aliphatic rings. The van der Waals surface area contributed by atoms with Crippen LogP contribution in [0.25, 0.3) is 10.7 Å². The van der Waals surface area contributed by atoms with Crippen molar-refractivity contribution in [2.24, 2.45) is 0 Å². The van der Waals surface area contributed by atoms with Crippen molar-refractivity contribution in [1.82, 2.24) is 20.4 Å². The number of carbonyl (C=O) groups excluding carboxylic acids is 1. The summed E-state index contributed by atoms with van der Waals surface area (Å²) in [4.78, 5) is 19.9. The van der Waals surface area contributed by atoms with Crippen LogP contribution in [-0.4, -0.2) is 34.0 Å². The Labute approximate surface area is 149 Å². The van der Waals surface area contributed by atoms with Crippen molar-refractivity contribution >= 4 is 17.2 Å². The van der Waals surface area contributed by atoms with E-state index in [2.05, 4.69) is 32.5 Å². The molecule has 3 heterocycles. The van der Waals surface area contributed by atoms with Crippen molar-refractivity contribution in [3.8, 4) is 10.7 Å². The summed E-state index contributed by atoms with van der Waals surface area (Å²) < 4.78 is 5.41. The zero-order valence-corrected chi connectivity index (χ0v) is 14.6. The van der Waals surface area contributed by atoms with Crippen molar-refractivity contribution in [1.29, 1.82) is 0 Å². The molecule has 0 saturated heterocycles. The first kappa shape index (κ1) is 16.0. The van der Waals surface area contributed by atoms with Crippen LogP contribution >= 0.6 is 11.3 Å². The summed E-state index contributed by atoms with van der Waals surface area (Å²) in [5.41, 5.74) is 2.46. The third-order valence-electron chi connectivity index (χ3n) is 4.44. The molecule has 1 N–H and O–H groups in total. The maximum Gasteiger partial charge on any atom is 0.241 e. The van der Waals surface area contributed by atoms with Gasteiger partial charge in [0.2, 0.25) is 17.6 Å². The van der Waals surface area contributed by atoms with Crippen LogP contribution in [0.15, 0.2) is 46.3 Å². The second-order valence-corrected chi connectivity index (χ2v) is 6.94. The second-order valence-electron chi connectivity index (χ2n) is 6.00. The Balaban J connectivity index is 1.58. The molecule has 0 fully saturated rings. The second kappa shape index (κ2) is 6.78. The molecule has 0 bridgehead atoms. The molecule has 7 heteroatoms. The summed E-state index contributed by atoms with van der Waals surface area (Å²) in [6, 6.07) is 11.9. The lowest BCUT2D eigenvalue weighted by molar-refractivity contribution is -0.126. The van der Waals surface area contributed by atoms with Crippen molar-refractivity contribution in [3.63, 3.8) is 0 Å². The first-order chi connectivity index (χ1) is 12.2. The number of benzene rings is 1. The maximum atomic E-state index is 12.4. The number of likely N-dealkylation sites (N-methyl/N-ethyl adjacent to an activating group) is 1. The zero-order valence-electron chi connectivity index (χ0n) is 13.8. The number of aromatic nitrogens is 2. The Morgan fingerprint density at radius 3 is 2.92 bits per heavy atom. The van der Waals surface area contributed by atoms with Gasteiger partial charge in [-0.25, -0.2) is 0 Å². The van der Waals surface area contributed by atoms with Gasteiger partial charge in [0.1, 0.15) is 0 Å². The number of nitrogens with one attached hydrogen (secondary N) is 1. The Bertz CT molecular complexity index is 875. The van der Waals surface area contributed by atoms with Crippen LogP contribution < -0.4 is 5.32 Å². The summed E-state index contributed by atoms with van der Waals surface area (Å²) in [6.07, 6.45) is 0.682. The van der Waals surface area contributed by atoms with Crippen LogP contribution in [-0.2, 0) is 24.3 Å². The lowest BCUT2D eigenvalue weighted by Crippen LogP contribution is -2.49. The summed E-state index contributed by atoms with van der Waals surface area (Å²) in [7, 11) is 1.67. The van der Waals surface area contributed by atoms with Gasteiger partial charge >= 0.3 is 0 Å². The van der Waals surface area contributed by atoms with Gasteiger partial charge in [-0.15, -0.1) is 11.3 Å².